The molecule has 0 bridgehead atoms. The van der Waals surface area contributed by atoms with E-state index < -0.39 is 0 Å². The fourth-order valence-electron chi connectivity index (χ4n) is 1.70. The monoisotopic (exact) mass is 209 g/mol. The molecular formula is C12H23N3. The zero-order chi connectivity index (χ0) is 11.3. The lowest BCUT2D eigenvalue weighted by molar-refractivity contribution is 0.442. The van der Waals surface area contributed by atoms with E-state index in [4.69, 9.17) is 0 Å². The maximum absolute atomic E-state index is 4.35. The minimum atomic E-state index is 0.550. The van der Waals surface area contributed by atoms with Crippen molar-refractivity contribution in [1.29, 1.82) is 0 Å². The van der Waals surface area contributed by atoms with Gasteiger partial charge in [-0.15, -0.1) is 0 Å². The SMILES string of the molecule is CNC(CCC(C)C)Cc1nccn1C. The number of hydrogen-bond donors (Lipinski definition) is 1. The molecule has 0 spiro atoms. The molecule has 1 atom stereocenters. The van der Waals surface area contributed by atoms with Crippen LogP contribution in [0.5, 0.6) is 0 Å². The standard InChI is InChI=1S/C12H23N3/c1-10(2)5-6-11(13-3)9-12-14-7-8-15(12)4/h7-8,10-11,13H,5-6,9H2,1-4H3. The molecule has 0 fully saturated rings. The first-order valence-electron chi connectivity index (χ1n) is 5.77. The molecule has 86 valence electrons. The zero-order valence-electron chi connectivity index (χ0n) is 10.3. The molecule has 1 heterocycles. The van der Waals surface area contributed by atoms with E-state index in [1.165, 1.54) is 12.8 Å². The molecule has 3 heteroatoms. The predicted octanol–water partition coefficient (Wildman–Crippen LogP) is 1.99. The molecule has 1 N–H and O–H groups in total. The van der Waals surface area contributed by atoms with E-state index in [1.807, 2.05) is 19.4 Å². The van der Waals surface area contributed by atoms with Crippen molar-refractivity contribution in [3.63, 3.8) is 0 Å². The second-order valence-corrected chi connectivity index (χ2v) is 4.62. The maximum Gasteiger partial charge on any atom is 0.109 e. The van der Waals surface area contributed by atoms with Crippen LogP contribution in [0.3, 0.4) is 0 Å². The summed E-state index contributed by atoms with van der Waals surface area (Å²) < 4.78 is 2.10. The van der Waals surface area contributed by atoms with Gasteiger partial charge in [-0.2, -0.15) is 0 Å². The highest BCUT2D eigenvalue weighted by atomic mass is 15.0. The Kier molecular flexibility index (Phi) is 4.82. The van der Waals surface area contributed by atoms with Gasteiger partial charge in [0.1, 0.15) is 5.82 Å². The largest absolute Gasteiger partial charge is 0.338 e. The Morgan fingerprint density at radius 3 is 2.60 bits per heavy atom. The van der Waals surface area contributed by atoms with Crippen LogP contribution in [-0.4, -0.2) is 22.6 Å². The number of hydrogen-bond acceptors (Lipinski definition) is 2. The topological polar surface area (TPSA) is 29.9 Å². The van der Waals surface area contributed by atoms with Gasteiger partial charge < -0.3 is 9.88 Å². The van der Waals surface area contributed by atoms with Gasteiger partial charge in [-0.3, -0.25) is 0 Å². The van der Waals surface area contributed by atoms with E-state index in [1.54, 1.807) is 0 Å². The fourth-order valence-corrected chi connectivity index (χ4v) is 1.70. The van der Waals surface area contributed by atoms with Crippen molar-refractivity contribution in [2.24, 2.45) is 13.0 Å². The summed E-state index contributed by atoms with van der Waals surface area (Å²) in [4.78, 5) is 4.35. The average Bonchev–Trinajstić information content (AvgIpc) is 2.58. The van der Waals surface area contributed by atoms with Crippen molar-refractivity contribution < 1.29 is 0 Å². The summed E-state index contributed by atoms with van der Waals surface area (Å²) in [5.74, 6) is 1.94. The molecule has 0 saturated heterocycles. The Morgan fingerprint density at radius 1 is 1.40 bits per heavy atom. The van der Waals surface area contributed by atoms with Crippen molar-refractivity contribution in [2.75, 3.05) is 7.05 Å². The Morgan fingerprint density at radius 2 is 2.13 bits per heavy atom. The molecule has 3 nitrogen and oxygen atoms in total. The quantitative estimate of drug-likeness (QED) is 0.776. The molecule has 1 aromatic rings. The van der Waals surface area contributed by atoms with Crippen LogP contribution in [-0.2, 0) is 13.5 Å². The molecular weight excluding hydrogens is 186 g/mol. The summed E-state index contributed by atoms with van der Waals surface area (Å²) in [7, 11) is 4.09. The third-order valence-electron chi connectivity index (χ3n) is 2.85. The van der Waals surface area contributed by atoms with Crippen LogP contribution < -0.4 is 5.32 Å². The van der Waals surface area contributed by atoms with Crippen LogP contribution >= 0.6 is 0 Å². The van der Waals surface area contributed by atoms with E-state index in [-0.39, 0.29) is 0 Å². The summed E-state index contributed by atoms with van der Waals surface area (Å²) in [5, 5.41) is 3.37. The summed E-state index contributed by atoms with van der Waals surface area (Å²) in [5.41, 5.74) is 0. The molecule has 0 aliphatic rings. The van der Waals surface area contributed by atoms with Crippen molar-refractivity contribution in [1.82, 2.24) is 14.9 Å². The second-order valence-electron chi connectivity index (χ2n) is 4.62. The van der Waals surface area contributed by atoms with Crippen molar-refractivity contribution in [2.45, 2.75) is 39.2 Å². The van der Waals surface area contributed by atoms with Gasteiger partial charge in [0.25, 0.3) is 0 Å². The molecule has 0 saturated carbocycles. The van der Waals surface area contributed by atoms with E-state index in [9.17, 15) is 0 Å². The first-order chi connectivity index (χ1) is 7.13. The third-order valence-corrected chi connectivity index (χ3v) is 2.85. The minimum Gasteiger partial charge on any atom is -0.338 e. The number of aryl methyl sites for hydroxylation is 1. The lowest BCUT2D eigenvalue weighted by Gasteiger charge is -2.16. The van der Waals surface area contributed by atoms with Crippen LogP contribution in [0, 0.1) is 5.92 Å². The van der Waals surface area contributed by atoms with Gasteiger partial charge in [0.05, 0.1) is 0 Å². The fraction of sp³-hybridized carbons (Fsp3) is 0.750. The van der Waals surface area contributed by atoms with Crippen LogP contribution in [0.15, 0.2) is 12.4 Å². The number of aromatic nitrogens is 2. The molecule has 0 aliphatic carbocycles. The Hall–Kier alpha value is -0.830. The number of nitrogens with zero attached hydrogens (tertiary/aromatic N) is 2. The van der Waals surface area contributed by atoms with Gasteiger partial charge in [-0.25, -0.2) is 4.98 Å². The number of likely N-dealkylation sites (N-methyl/N-ethyl adjacent to an activating group) is 1. The molecule has 1 rings (SSSR count). The molecule has 15 heavy (non-hydrogen) atoms. The smallest absolute Gasteiger partial charge is 0.109 e. The molecule has 1 unspecified atom stereocenters. The van der Waals surface area contributed by atoms with E-state index >= 15 is 0 Å². The van der Waals surface area contributed by atoms with Crippen LogP contribution in [0.25, 0.3) is 0 Å². The number of nitrogens with one attached hydrogen (secondary N) is 1. The zero-order valence-corrected chi connectivity index (χ0v) is 10.3. The maximum atomic E-state index is 4.35. The Labute approximate surface area is 92.9 Å². The lowest BCUT2D eigenvalue weighted by Crippen LogP contribution is -2.29. The highest BCUT2D eigenvalue weighted by Crippen LogP contribution is 2.10. The van der Waals surface area contributed by atoms with Crippen molar-refractivity contribution >= 4 is 0 Å². The highest BCUT2D eigenvalue weighted by molar-refractivity contribution is 4.94. The van der Waals surface area contributed by atoms with Crippen LogP contribution in [0.2, 0.25) is 0 Å². The predicted molar refractivity (Wildman–Crippen MR) is 63.8 cm³/mol. The summed E-state index contributed by atoms with van der Waals surface area (Å²) >= 11 is 0. The molecule has 0 aliphatic heterocycles. The first kappa shape index (κ1) is 12.2. The van der Waals surface area contributed by atoms with Gasteiger partial charge in [0.15, 0.2) is 0 Å². The van der Waals surface area contributed by atoms with Crippen molar-refractivity contribution in [3.05, 3.63) is 18.2 Å². The Bertz CT molecular complexity index is 278. The number of rotatable bonds is 6. The summed E-state index contributed by atoms with van der Waals surface area (Å²) in [6, 6.07) is 0.550. The van der Waals surface area contributed by atoms with Gasteiger partial charge in [-0.05, 0) is 25.8 Å². The molecule has 0 radical (unpaired) electrons. The van der Waals surface area contributed by atoms with Gasteiger partial charge in [-0.1, -0.05) is 13.8 Å². The van der Waals surface area contributed by atoms with Crippen molar-refractivity contribution in [3.8, 4) is 0 Å². The summed E-state index contributed by atoms with van der Waals surface area (Å²) in [6.07, 6.45) is 7.39. The normalized spacial score (nSPS) is 13.4. The van der Waals surface area contributed by atoms with E-state index in [0.29, 0.717) is 6.04 Å². The Balaban J connectivity index is 2.43. The first-order valence-corrected chi connectivity index (χ1v) is 5.77. The second kappa shape index (κ2) is 5.91. The van der Waals surface area contributed by atoms with E-state index in [2.05, 4.69) is 35.8 Å². The van der Waals surface area contributed by atoms with Gasteiger partial charge in [0.2, 0.25) is 0 Å². The summed E-state index contributed by atoms with van der Waals surface area (Å²) in [6.45, 7) is 4.54. The van der Waals surface area contributed by atoms with Crippen LogP contribution in [0.1, 0.15) is 32.5 Å². The minimum absolute atomic E-state index is 0.550. The molecule has 0 aromatic carbocycles. The number of imidazole rings is 1. The van der Waals surface area contributed by atoms with E-state index in [0.717, 1.165) is 18.2 Å². The highest BCUT2D eigenvalue weighted by Gasteiger charge is 2.10. The lowest BCUT2D eigenvalue weighted by atomic mass is 10.0. The van der Waals surface area contributed by atoms with Gasteiger partial charge in [0, 0.05) is 31.9 Å². The molecule has 1 aromatic heterocycles. The third kappa shape index (κ3) is 4.04. The van der Waals surface area contributed by atoms with Gasteiger partial charge >= 0.3 is 0 Å². The molecule has 0 amide bonds. The van der Waals surface area contributed by atoms with Crippen LogP contribution in [0.4, 0.5) is 0 Å². The average molecular weight is 209 g/mol.